The molecule has 0 atom stereocenters. The van der Waals surface area contributed by atoms with E-state index >= 15 is 0 Å². The highest BCUT2D eigenvalue weighted by atomic mass is 19.4. The number of ether oxygens (including phenoxy) is 1. The molecule has 0 saturated heterocycles. The van der Waals surface area contributed by atoms with Gasteiger partial charge >= 0.3 is 6.18 Å². The summed E-state index contributed by atoms with van der Waals surface area (Å²) in [5, 5.41) is 3.39. The smallest absolute Gasteiger partial charge is 0.371 e. The largest absolute Gasteiger partial charge is 0.411 e. The predicted molar refractivity (Wildman–Crippen MR) is 65.5 cm³/mol. The van der Waals surface area contributed by atoms with E-state index in [2.05, 4.69) is 26.1 Å². The van der Waals surface area contributed by atoms with Crippen molar-refractivity contribution in [3.63, 3.8) is 0 Å². The lowest BCUT2D eigenvalue weighted by Crippen LogP contribution is -2.45. The monoisotopic (exact) mass is 267 g/mol. The van der Waals surface area contributed by atoms with Crippen molar-refractivity contribution < 1.29 is 17.9 Å². The van der Waals surface area contributed by atoms with Gasteiger partial charge in [-0.1, -0.05) is 12.8 Å². The van der Waals surface area contributed by atoms with Crippen LogP contribution in [0.5, 0.6) is 0 Å². The van der Waals surface area contributed by atoms with E-state index < -0.39 is 12.8 Å². The first-order chi connectivity index (χ1) is 8.12. The molecule has 0 amide bonds. The molecule has 0 spiro atoms. The van der Waals surface area contributed by atoms with E-state index in [0.29, 0.717) is 0 Å². The number of rotatable bonds is 5. The topological polar surface area (TPSA) is 21.3 Å². The summed E-state index contributed by atoms with van der Waals surface area (Å²) in [6.07, 6.45) is -0.151. The van der Waals surface area contributed by atoms with Crippen molar-refractivity contribution in [1.29, 1.82) is 0 Å². The van der Waals surface area contributed by atoms with Crippen LogP contribution in [-0.2, 0) is 4.74 Å². The quantitative estimate of drug-likeness (QED) is 0.823. The fourth-order valence-corrected chi connectivity index (χ4v) is 2.33. The Balaban J connectivity index is 2.43. The van der Waals surface area contributed by atoms with Crippen molar-refractivity contribution in [3.8, 4) is 0 Å². The summed E-state index contributed by atoms with van der Waals surface area (Å²) in [4.78, 5) is 0. The average molecular weight is 267 g/mol. The zero-order valence-corrected chi connectivity index (χ0v) is 11.5. The van der Waals surface area contributed by atoms with Gasteiger partial charge in [0.05, 0.1) is 6.61 Å². The van der Waals surface area contributed by atoms with Gasteiger partial charge in [-0.05, 0) is 33.6 Å². The van der Waals surface area contributed by atoms with Gasteiger partial charge in [-0.15, -0.1) is 0 Å². The number of hydrogen-bond donors (Lipinski definition) is 1. The lowest BCUT2D eigenvalue weighted by atomic mass is 9.86. The second kappa shape index (κ2) is 5.78. The molecule has 1 saturated carbocycles. The van der Waals surface area contributed by atoms with Crippen molar-refractivity contribution in [2.75, 3.05) is 19.8 Å². The van der Waals surface area contributed by atoms with E-state index in [1.807, 2.05) is 0 Å². The Labute approximate surface area is 107 Å². The van der Waals surface area contributed by atoms with Gasteiger partial charge in [0.15, 0.2) is 0 Å². The lowest BCUT2D eigenvalue weighted by molar-refractivity contribution is -0.180. The van der Waals surface area contributed by atoms with Crippen molar-refractivity contribution >= 4 is 0 Å². The van der Waals surface area contributed by atoms with Crippen molar-refractivity contribution in [1.82, 2.24) is 5.32 Å². The molecule has 108 valence electrons. The first kappa shape index (κ1) is 15.8. The summed E-state index contributed by atoms with van der Waals surface area (Å²) in [5.74, 6) is 0. The summed E-state index contributed by atoms with van der Waals surface area (Å²) < 4.78 is 41.2. The van der Waals surface area contributed by atoms with Gasteiger partial charge in [0.1, 0.15) is 6.61 Å². The molecule has 2 nitrogen and oxygen atoms in total. The van der Waals surface area contributed by atoms with E-state index in [1.54, 1.807) is 0 Å². The van der Waals surface area contributed by atoms with Crippen molar-refractivity contribution in [2.45, 2.75) is 58.2 Å². The Hall–Kier alpha value is -0.290. The summed E-state index contributed by atoms with van der Waals surface area (Å²) in [7, 11) is 0. The van der Waals surface area contributed by atoms with Gasteiger partial charge in [0, 0.05) is 17.5 Å². The highest BCUT2D eigenvalue weighted by molar-refractivity contribution is 4.89. The Morgan fingerprint density at radius 3 is 2.11 bits per heavy atom. The first-order valence-corrected chi connectivity index (χ1v) is 6.52. The molecule has 1 aliphatic rings. The normalized spacial score (nSPS) is 20.3. The maximum Gasteiger partial charge on any atom is 0.411 e. The summed E-state index contributed by atoms with van der Waals surface area (Å²) in [5.41, 5.74) is -0.127. The maximum absolute atomic E-state index is 12.1. The molecule has 1 aliphatic carbocycles. The SMILES string of the molecule is CC(C)(C)NCC1(COCC(F)(F)F)CCCC1. The van der Waals surface area contributed by atoms with Gasteiger partial charge in [-0.3, -0.25) is 0 Å². The average Bonchev–Trinajstić information content (AvgIpc) is 2.61. The Bertz CT molecular complexity index is 252. The molecule has 0 aliphatic heterocycles. The van der Waals surface area contributed by atoms with Gasteiger partial charge in [-0.2, -0.15) is 13.2 Å². The molecule has 0 bridgehead atoms. The van der Waals surface area contributed by atoms with Crippen LogP contribution in [0.3, 0.4) is 0 Å². The summed E-state index contributed by atoms with van der Waals surface area (Å²) in [6.45, 7) is 5.99. The van der Waals surface area contributed by atoms with Gasteiger partial charge in [0.25, 0.3) is 0 Å². The van der Waals surface area contributed by atoms with Crippen LogP contribution >= 0.6 is 0 Å². The number of alkyl halides is 3. The van der Waals surface area contributed by atoms with E-state index in [0.717, 1.165) is 32.2 Å². The molecule has 0 aromatic heterocycles. The van der Waals surface area contributed by atoms with E-state index in [-0.39, 0.29) is 17.6 Å². The minimum Gasteiger partial charge on any atom is -0.371 e. The van der Waals surface area contributed by atoms with Crippen molar-refractivity contribution in [3.05, 3.63) is 0 Å². The highest BCUT2D eigenvalue weighted by Crippen LogP contribution is 2.38. The fraction of sp³-hybridized carbons (Fsp3) is 1.00. The third kappa shape index (κ3) is 6.05. The Kier molecular flexibility index (Phi) is 5.06. The molecule has 0 aromatic carbocycles. The van der Waals surface area contributed by atoms with E-state index in [1.165, 1.54) is 0 Å². The molecule has 1 fully saturated rings. The Morgan fingerprint density at radius 1 is 1.11 bits per heavy atom. The van der Waals surface area contributed by atoms with Gasteiger partial charge < -0.3 is 10.1 Å². The fourth-order valence-electron chi connectivity index (χ4n) is 2.33. The van der Waals surface area contributed by atoms with E-state index in [4.69, 9.17) is 4.74 Å². The minimum absolute atomic E-state index is 0.0143. The third-order valence-electron chi connectivity index (χ3n) is 3.33. The minimum atomic E-state index is -4.22. The molecular formula is C13H24F3NO. The number of nitrogens with one attached hydrogen (secondary N) is 1. The molecule has 5 heteroatoms. The van der Waals surface area contributed by atoms with Crippen LogP contribution in [0.25, 0.3) is 0 Å². The highest BCUT2D eigenvalue weighted by Gasteiger charge is 2.36. The van der Waals surface area contributed by atoms with Crippen LogP contribution < -0.4 is 5.32 Å². The first-order valence-electron chi connectivity index (χ1n) is 6.52. The maximum atomic E-state index is 12.1. The predicted octanol–water partition coefficient (Wildman–Crippen LogP) is 3.51. The van der Waals surface area contributed by atoms with Crippen LogP contribution in [0.4, 0.5) is 13.2 Å². The zero-order valence-electron chi connectivity index (χ0n) is 11.5. The van der Waals surface area contributed by atoms with Crippen LogP contribution in [-0.4, -0.2) is 31.5 Å². The standard InChI is InChI=1S/C13H24F3NO/c1-11(2,3)17-8-12(6-4-5-7-12)9-18-10-13(14,15)16/h17H,4-10H2,1-3H3. The third-order valence-corrected chi connectivity index (χ3v) is 3.33. The van der Waals surface area contributed by atoms with Crippen LogP contribution in [0.2, 0.25) is 0 Å². The van der Waals surface area contributed by atoms with Crippen molar-refractivity contribution in [2.24, 2.45) is 5.41 Å². The molecule has 0 unspecified atom stereocenters. The van der Waals surface area contributed by atoms with Gasteiger partial charge in [0.2, 0.25) is 0 Å². The lowest BCUT2D eigenvalue weighted by Gasteiger charge is -2.33. The van der Waals surface area contributed by atoms with E-state index in [9.17, 15) is 13.2 Å². The molecule has 18 heavy (non-hydrogen) atoms. The molecule has 0 radical (unpaired) electrons. The second-order valence-corrected chi connectivity index (χ2v) is 6.42. The molecule has 0 heterocycles. The molecule has 0 aromatic rings. The summed E-state index contributed by atoms with van der Waals surface area (Å²) >= 11 is 0. The molecule has 1 N–H and O–H groups in total. The number of halogens is 3. The van der Waals surface area contributed by atoms with Crippen LogP contribution in [0, 0.1) is 5.41 Å². The summed E-state index contributed by atoms with van der Waals surface area (Å²) in [6, 6.07) is 0. The second-order valence-electron chi connectivity index (χ2n) is 6.42. The van der Waals surface area contributed by atoms with Crippen LogP contribution in [0.1, 0.15) is 46.5 Å². The number of hydrogen-bond acceptors (Lipinski definition) is 2. The molecular weight excluding hydrogens is 243 g/mol. The van der Waals surface area contributed by atoms with Crippen LogP contribution in [0.15, 0.2) is 0 Å². The van der Waals surface area contributed by atoms with Gasteiger partial charge in [-0.25, -0.2) is 0 Å². The zero-order chi connectivity index (χ0) is 13.9. The molecule has 1 rings (SSSR count). The Morgan fingerprint density at radius 2 is 1.67 bits per heavy atom.